The van der Waals surface area contributed by atoms with E-state index >= 15 is 0 Å². The van der Waals surface area contributed by atoms with Gasteiger partial charge in [0.15, 0.2) is 0 Å². The predicted molar refractivity (Wildman–Crippen MR) is 55.6 cm³/mol. The molecule has 0 aliphatic heterocycles. The summed E-state index contributed by atoms with van der Waals surface area (Å²) in [7, 11) is -0.979. The smallest absolute Gasteiger partial charge is 0.206 e. The quantitative estimate of drug-likeness (QED) is 0.833. The monoisotopic (exact) mass is 219 g/mol. The van der Waals surface area contributed by atoms with Gasteiger partial charge in [-0.3, -0.25) is 4.21 Å². The molecule has 74 valence electrons. The average Bonchev–Trinajstić information content (AvgIpc) is 2.50. The van der Waals surface area contributed by atoms with E-state index in [2.05, 4.69) is 15.5 Å². The first-order valence-corrected chi connectivity index (χ1v) is 6.25. The summed E-state index contributed by atoms with van der Waals surface area (Å²) < 4.78 is 11.9. The van der Waals surface area contributed by atoms with Crippen LogP contribution in [0.25, 0.3) is 0 Å². The Morgan fingerprint density at radius 1 is 1.54 bits per heavy atom. The third kappa shape index (κ3) is 3.04. The maximum absolute atomic E-state index is 11.3. The van der Waals surface area contributed by atoms with Gasteiger partial charge in [0.05, 0.1) is 10.8 Å². The first-order valence-electron chi connectivity index (χ1n) is 4.12. The highest BCUT2D eigenvalue weighted by molar-refractivity contribution is 7.87. The minimum absolute atomic E-state index is 0.330. The van der Waals surface area contributed by atoms with Gasteiger partial charge in [-0.05, 0) is 13.8 Å². The molecule has 1 aromatic rings. The molecule has 4 nitrogen and oxygen atoms in total. The predicted octanol–water partition coefficient (Wildman–Crippen LogP) is 1.49. The van der Waals surface area contributed by atoms with E-state index in [4.69, 9.17) is 0 Å². The van der Waals surface area contributed by atoms with Crippen LogP contribution in [0.15, 0.2) is 4.34 Å². The molecule has 1 unspecified atom stereocenters. The molecule has 13 heavy (non-hydrogen) atoms. The highest BCUT2D eigenvalue weighted by Crippen LogP contribution is 2.18. The minimum Gasteiger partial charge on any atom is -0.358 e. The van der Waals surface area contributed by atoms with Crippen LogP contribution in [-0.4, -0.2) is 26.2 Å². The van der Waals surface area contributed by atoms with Crippen LogP contribution in [-0.2, 0) is 10.8 Å². The van der Waals surface area contributed by atoms with Gasteiger partial charge < -0.3 is 5.32 Å². The van der Waals surface area contributed by atoms with Gasteiger partial charge in [0.2, 0.25) is 9.47 Å². The van der Waals surface area contributed by atoms with Gasteiger partial charge in [0, 0.05) is 11.8 Å². The van der Waals surface area contributed by atoms with Crippen LogP contribution >= 0.6 is 11.3 Å². The van der Waals surface area contributed by atoms with E-state index in [0.29, 0.717) is 16.1 Å². The Morgan fingerprint density at radius 3 is 2.77 bits per heavy atom. The lowest BCUT2D eigenvalue weighted by Crippen LogP contribution is -2.08. The topological polar surface area (TPSA) is 54.9 Å². The highest BCUT2D eigenvalue weighted by Gasteiger charge is 2.09. The molecule has 1 aromatic heterocycles. The fraction of sp³-hybridized carbons (Fsp3) is 0.714. The molecule has 0 aliphatic rings. The zero-order valence-corrected chi connectivity index (χ0v) is 9.54. The summed E-state index contributed by atoms with van der Waals surface area (Å²) in [5.41, 5.74) is 0. The Morgan fingerprint density at radius 2 is 2.23 bits per heavy atom. The summed E-state index contributed by atoms with van der Waals surface area (Å²) in [6.07, 6.45) is 0. The van der Waals surface area contributed by atoms with E-state index in [-0.39, 0.29) is 0 Å². The largest absolute Gasteiger partial charge is 0.358 e. The molecule has 0 fully saturated rings. The molecule has 1 heterocycles. The second kappa shape index (κ2) is 4.66. The molecule has 1 rings (SSSR count). The van der Waals surface area contributed by atoms with Crippen LogP contribution in [0, 0.1) is 0 Å². The van der Waals surface area contributed by atoms with Crippen LogP contribution in [0.3, 0.4) is 0 Å². The zero-order valence-electron chi connectivity index (χ0n) is 7.90. The lowest BCUT2D eigenvalue weighted by molar-refractivity contribution is 0.682. The Bertz CT molecular complexity index is 298. The summed E-state index contributed by atoms with van der Waals surface area (Å²) in [6.45, 7) is 5.92. The first-order chi connectivity index (χ1) is 6.13. The number of aromatic nitrogens is 2. The van der Waals surface area contributed by atoms with Crippen molar-refractivity contribution in [2.45, 2.75) is 31.2 Å². The second-order valence-electron chi connectivity index (χ2n) is 2.81. The Balaban J connectivity index is 2.69. The second-order valence-corrected chi connectivity index (χ2v) is 5.70. The molecule has 0 amide bonds. The van der Waals surface area contributed by atoms with Gasteiger partial charge in [-0.25, -0.2) is 0 Å². The molecule has 0 spiro atoms. The fourth-order valence-corrected chi connectivity index (χ4v) is 2.69. The number of hydrogen-bond donors (Lipinski definition) is 1. The maximum Gasteiger partial charge on any atom is 0.206 e. The fourth-order valence-electron chi connectivity index (χ4n) is 0.731. The molecule has 0 radical (unpaired) electrons. The van der Waals surface area contributed by atoms with Crippen LogP contribution in [0.5, 0.6) is 0 Å². The van der Waals surface area contributed by atoms with E-state index in [1.165, 1.54) is 11.3 Å². The van der Waals surface area contributed by atoms with Crippen LogP contribution < -0.4 is 5.32 Å². The van der Waals surface area contributed by atoms with Crippen molar-refractivity contribution in [3.63, 3.8) is 0 Å². The Labute approximate surface area is 84.2 Å². The van der Waals surface area contributed by atoms with Gasteiger partial charge in [-0.15, -0.1) is 10.2 Å². The van der Waals surface area contributed by atoms with Crippen LogP contribution in [0.1, 0.15) is 20.8 Å². The SMILES string of the molecule is CCS(=O)c1nnc(NC(C)C)s1. The number of nitrogens with zero attached hydrogens (tertiary/aromatic N) is 2. The summed E-state index contributed by atoms with van der Waals surface area (Å²) >= 11 is 1.36. The molecule has 1 atom stereocenters. The molecule has 6 heteroatoms. The van der Waals surface area contributed by atoms with Crippen molar-refractivity contribution < 1.29 is 4.21 Å². The van der Waals surface area contributed by atoms with Crippen LogP contribution in [0.2, 0.25) is 0 Å². The maximum atomic E-state index is 11.3. The highest BCUT2D eigenvalue weighted by atomic mass is 32.2. The molecule has 0 saturated carbocycles. The van der Waals surface area contributed by atoms with Crippen molar-refractivity contribution in [1.82, 2.24) is 10.2 Å². The van der Waals surface area contributed by atoms with E-state index in [9.17, 15) is 4.21 Å². The van der Waals surface area contributed by atoms with Gasteiger partial charge in [0.25, 0.3) is 0 Å². The number of nitrogens with one attached hydrogen (secondary N) is 1. The lowest BCUT2D eigenvalue weighted by Gasteiger charge is -2.02. The number of anilines is 1. The van der Waals surface area contributed by atoms with Crippen molar-refractivity contribution in [2.24, 2.45) is 0 Å². The molecule has 0 saturated heterocycles. The van der Waals surface area contributed by atoms with Crippen molar-refractivity contribution >= 4 is 27.3 Å². The van der Waals surface area contributed by atoms with Crippen molar-refractivity contribution in [1.29, 1.82) is 0 Å². The molecule has 1 N–H and O–H groups in total. The van der Waals surface area contributed by atoms with E-state index in [0.717, 1.165) is 5.13 Å². The zero-order chi connectivity index (χ0) is 9.84. The molecule has 0 bridgehead atoms. The summed E-state index contributed by atoms with van der Waals surface area (Å²) in [5.74, 6) is 0.594. The molecular formula is C7H13N3OS2. The normalized spacial score (nSPS) is 13.2. The third-order valence-electron chi connectivity index (χ3n) is 1.28. The van der Waals surface area contributed by atoms with E-state index in [1.54, 1.807) is 0 Å². The third-order valence-corrected chi connectivity index (χ3v) is 3.73. The summed E-state index contributed by atoms with van der Waals surface area (Å²) in [6, 6.07) is 0.330. The van der Waals surface area contributed by atoms with Gasteiger partial charge in [-0.1, -0.05) is 18.3 Å². The Kier molecular flexibility index (Phi) is 3.80. The molecule has 0 aromatic carbocycles. The number of rotatable bonds is 4. The standard InChI is InChI=1S/C7H13N3OS2/c1-4-13(11)7-10-9-6(12-7)8-5(2)3/h5H,4H2,1-3H3,(H,8,9). The van der Waals surface area contributed by atoms with Crippen molar-refractivity contribution in [3.05, 3.63) is 0 Å². The Hall–Kier alpha value is -0.490. The van der Waals surface area contributed by atoms with E-state index < -0.39 is 10.8 Å². The number of hydrogen-bond acceptors (Lipinski definition) is 5. The van der Waals surface area contributed by atoms with Gasteiger partial charge in [-0.2, -0.15) is 0 Å². The van der Waals surface area contributed by atoms with Crippen molar-refractivity contribution in [2.75, 3.05) is 11.1 Å². The molecular weight excluding hydrogens is 206 g/mol. The molecule has 0 aliphatic carbocycles. The average molecular weight is 219 g/mol. The van der Waals surface area contributed by atoms with Gasteiger partial charge in [0.1, 0.15) is 0 Å². The van der Waals surface area contributed by atoms with Crippen LogP contribution in [0.4, 0.5) is 5.13 Å². The van der Waals surface area contributed by atoms with E-state index in [1.807, 2.05) is 20.8 Å². The summed E-state index contributed by atoms with van der Waals surface area (Å²) in [5, 5.41) is 11.6. The first kappa shape index (κ1) is 10.6. The lowest BCUT2D eigenvalue weighted by atomic mass is 10.4. The summed E-state index contributed by atoms with van der Waals surface area (Å²) in [4.78, 5) is 0. The van der Waals surface area contributed by atoms with Crippen molar-refractivity contribution in [3.8, 4) is 0 Å². The van der Waals surface area contributed by atoms with Gasteiger partial charge >= 0.3 is 0 Å². The minimum atomic E-state index is -0.979.